The summed E-state index contributed by atoms with van der Waals surface area (Å²) >= 11 is 0. The minimum Gasteiger partial charge on any atom is -0.493 e. The molecule has 1 aromatic rings. The molecule has 11 nitrogen and oxygen atoms in total. The van der Waals surface area contributed by atoms with Gasteiger partial charge in [0.25, 0.3) is 0 Å². The quantitative estimate of drug-likeness (QED) is 0.597. The second-order valence-corrected chi connectivity index (χ2v) is 11.0. The minimum atomic E-state index is -0.876. The molecule has 0 aromatic heterocycles. The summed E-state index contributed by atoms with van der Waals surface area (Å²) in [6, 6.07) is 4.93. The topological polar surface area (TPSA) is 127 Å². The van der Waals surface area contributed by atoms with Gasteiger partial charge in [0.2, 0.25) is 17.7 Å². The van der Waals surface area contributed by atoms with E-state index in [0.717, 1.165) is 11.3 Å². The summed E-state index contributed by atoms with van der Waals surface area (Å²) in [6.45, 7) is 7.55. The SMILES string of the molecule is C[C@@H](C(=O)N[C@H]1CCO[C@H]2CC[C@H](C(=O)N[C@H]3CCOc4ccccc43)N2C1=O)N(C)C(=O)OC(C)(C)C. The lowest BCUT2D eigenvalue weighted by atomic mass is 10.00. The molecule has 3 aliphatic heterocycles. The van der Waals surface area contributed by atoms with Crippen LogP contribution in [0.2, 0.25) is 0 Å². The van der Waals surface area contributed by atoms with Gasteiger partial charge < -0.3 is 29.7 Å². The fraction of sp³-hybridized carbons (Fsp3) is 0.630. The average molecular weight is 531 g/mol. The summed E-state index contributed by atoms with van der Waals surface area (Å²) in [5.41, 5.74) is 0.205. The van der Waals surface area contributed by atoms with Gasteiger partial charge >= 0.3 is 6.09 Å². The molecule has 2 fully saturated rings. The van der Waals surface area contributed by atoms with Crippen molar-refractivity contribution < 1.29 is 33.4 Å². The van der Waals surface area contributed by atoms with Crippen LogP contribution in [0.4, 0.5) is 4.79 Å². The molecule has 1 aromatic carbocycles. The summed E-state index contributed by atoms with van der Waals surface area (Å²) in [6.07, 6.45) is 0.733. The number of nitrogens with one attached hydrogen (secondary N) is 2. The number of fused-ring (bicyclic) bond motifs is 2. The maximum Gasteiger partial charge on any atom is 0.410 e. The van der Waals surface area contributed by atoms with Crippen LogP contribution in [0.25, 0.3) is 0 Å². The van der Waals surface area contributed by atoms with E-state index in [-0.39, 0.29) is 30.9 Å². The molecule has 0 unspecified atom stereocenters. The van der Waals surface area contributed by atoms with Crippen LogP contribution in [-0.2, 0) is 23.9 Å². The Morgan fingerprint density at radius 1 is 1.05 bits per heavy atom. The Bertz CT molecular complexity index is 1070. The number of para-hydroxylation sites is 1. The van der Waals surface area contributed by atoms with Gasteiger partial charge in [0.15, 0.2) is 0 Å². The lowest BCUT2D eigenvalue weighted by molar-refractivity contribution is -0.149. The first-order valence-corrected chi connectivity index (χ1v) is 13.2. The van der Waals surface area contributed by atoms with Crippen molar-refractivity contribution in [2.75, 3.05) is 20.3 Å². The van der Waals surface area contributed by atoms with Crippen molar-refractivity contribution >= 4 is 23.8 Å². The first-order chi connectivity index (χ1) is 18.0. The monoisotopic (exact) mass is 530 g/mol. The normalized spacial score (nSPS) is 25.7. The molecule has 2 N–H and O–H groups in total. The molecule has 38 heavy (non-hydrogen) atoms. The van der Waals surface area contributed by atoms with Crippen molar-refractivity contribution in [3.05, 3.63) is 29.8 Å². The number of carbonyl (C=O) groups is 4. The minimum absolute atomic E-state index is 0.214. The maximum atomic E-state index is 13.6. The van der Waals surface area contributed by atoms with Gasteiger partial charge in [0.1, 0.15) is 35.7 Å². The zero-order valence-electron chi connectivity index (χ0n) is 22.7. The molecule has 208 valence electrons. The predicted octanol–water partition coefficient (Wildman–Crippen LogP) is 2.10. The van der Waals surface area contributed by atoms with E-state index in [1.54, 1.807) is 27.7 Å². The zero-order chi connectivity index (χ0) is 27.6. The van der Waals surface area contributed by atoms with Crippen molar-refractivity contribution in [2.24, 2.45) is 0 Å². The molecule has 4 amide bonds. The smallest absolute Gasteiger partial charge is 0.410 e. The Hall–Kier alpha value is -3.34. The molecule has 2 saturated heterocycles. The highest BCUT2D eigenvalue weighted by Crippen LogP contribution is 2.33. The van der Waals surface area contributed by atoms with Crippen molar-refractivity contribution in [1.82, 2.24) is 20.4 Å². The van der Waals surface area contributed by atoms with E-state index in [4.69, 9.17) is 14.2 Å². The molecular weight excluding hydrogens is 492 g/mol. The molecule has 11 heteroatoms. The average Bonchev–Trinajstić information content (AvgIpc) is 3.23. The van der Waals surface area contributed by atoms with Gasteiger partial charge in [-0.05, 0) is 46.6 Å². The van der Waals surface area contributed by atoms with E-state index in [9.17, 15) is 19.2 Å². The third kappa shape index (κ3) is 6.03. The van der Waals surface area contributed by atoms with Crippen LogP contribution in [0.3, 0.4) is 0 Å². The molecule has 3 aliphatic rings. The number of nitrogens with zero attached hydrogens (tertiary/aromatic N) is 2. The Morgan fingerprint density at radius 2 is 1.76 bits per heavy atom. The predicted molar refractivity (Wildman–Crippen MR) is 137 cm³/mol. The highest BCUT2D eigenvalue weighted by atomic mass is 16.6. The van der Waals surface area contributed by atoms with Gasteiger partial charge in [-0.25, -0.2) is 4.79 Å². The maximum absolute atomic E-state index is 13.6. The molecule has 0 radical (unpaired) electrons. The van der Waals surface area contributed by atoms with Crippen molar-refractivity contribution in [2.45, 2.75) is 89.4 Å². The summed E-state index contributed by atoms with van der Waals surface area (Å²) in [5.74, 6) is -0.362. The van der Waals surface area contributed by atoms with Crippen molar-refractivity contribution in [3.63, 3.8) is 0 Å². The summed E-state index contributed by atoms with van der Waals surface area (Å²) < 4.78 is 16.9. The van der Waals surface area contributed by atoms with E-state index in [1.807, 2.05) is 24.3 Å². The Balaban J connectivity index is 1.42. The van der Waals surface area contributed by atoms with Crippen LogP contribution in [0, 0.1) is 0 Å². The van der Waals surface area contributed by atoms with Crippen LogP contribution in [0.5, 0.6) is 5.75 Å². The largest absolute Gasteiger partial charge is 0.493 e. The second-order valence-electron chi connectivity index (χ2n) is 11.0. The van der Waals surface area contributed by atoms with Crippen LogP contribution in [-0.4, -0.2) is 83.8 Å². The van der Waals surface area contributed by atoms with Gasteiger partial charge in [-0.3, -0.25) is 19.3 Å². The van der Waals surface area contributed by atoms with E-state index in [1.165, 1.54) is 16.8 Å². The fourth-order valence-electron chi connectivity index (χ4n) is 4.98. The lowest BCUT2D eigenvalue weighted by Gasteiger charge is -2.33. The van der Waals surface area contributed by atoms with E-state index >= 15 is 0 Å². The van der Waals surface area contributed by atoms with Crippen LogP contribution in [0.1, 0.15) is 65.0 Å². The van der Waals surface area contributed by atoms with Crippen LogP contribution in [0.15, 0.2) is 24.3 Å². The standard InChI is InChI=1S/C27H38N4O7/c1-16(30(5)26(35)38-27(2,3)4)23(32)29-19-13-15-37-22-11-10-20(31(22)25(19)34)24(33)28-18-12-14-36-21-9-7-6-8-17(18)21/h6-9,16,18-20,22H,10-15H2,1-5H3,(H,28,33)(H,29,32)/t16-,18-,19-,20+,22-/m0/s1. The summed E-state index contributed by atoms with van der Waals surface area (Å²) in [4.78, 5) is 55.1. The lowest BCUT2D eigenvalue weighted by Crippen LogP contribution is -2.57. The molecule has 0 spiro atoms. The molecule has 0 saturated carbocycles. The Morgan fingerprint density at radius 3 is 2.50 bits per heavy atom. The van der Waals surface area contributed by atoms with Gasteiger partial charge in [-0.2, -0.15) is 0 Å². The Kier molecular flexibility index (Phi) is 8.15. The first kappa shape index (κ1) is 27.7. The molecule has 3 heterocycles. The van der Waals surface area contributed by atoms with Gasteiger partial charge in [-0.15, -0.1) is 0 Å². The number of carbonyl (C=O) groups excluding carboxylic acids is 4. The van der Waals surface area contributed by atoms with Gasteiger partial charge in [0, 0.05) is 25.5 Å². The fourth-order valence-corrected chi connectivity index (χ4v) is 4.98. The molecule has 5 atom stereocenters. The van der Waals surface area contributed by atoms with Crippen molar-refractivity contribution in [1.29, 1.82) is 0 Å². The van der Waals surface area contributed by atoms with Crippen LogP contribution < -0.4 is 15.4 Å². The highest BCUT2D eigenvalue weighted by molar-refractivity contribution is 5.94. The van der Waals surface area contributed by atoms with E-state index < -0.39 is 42.0 Å². The van der Waals surface area contributed by atoms with E-state index in [0.29, 0.717) is 25.9 Å². The molecule has 4 rings (SSSR count). The number of ether oxygens (including phenoxy) is 3. The third-order valence-electron chi connectivity index (χ3n) is 7.14. The second kappa shape index (κ2) is 11.2. The molecule has 0 bridgehead atoms. The number of hydrogen-bond donors (Lipinski definition) is 2. The number of likely N-dealkylation sites (N-methyl/N-ethyl adjacent to an activating group) is 1. The van der Waals surface area contributed by atoms with Gasteiger partial charge in [0.05, 0.1) is 19.3 Å². The Labute approximate surface area is 223 Å². The third-order valence-corrected chi connectivity index (χ3v) is 7.14. The van der Waals surface area contributed by atoms with Crippen LogP contribution >= 0.6 is 0 Å². The van der Waals surface area contributed by atoms with Gasteiger partial charge in [-0.1, -0.05) is 18.2 Å². The highest BCUT2D eigenvalue weighted by Gasteiger charge is 2.46. The first-order valence-electron chi connectivity index (χ1n) is 13.2. The number of rotatable bonds is 5. The van der Waals surface area contributed by atoms with Crippen molar-refractivity contribution in [3.8, 4) is 5.75 Å². The molecular formula is C27H38N4O7. The zero-order valence-corrected chi connectivity index (χ0v) is 22.7. The summed E-state index contributed by atoms with van der Waals surface area (Å²) in [5, 5.41) is 5.86. The number of amides is 4. The number of hydrogen-bond acceptors (Lipinski definition) is 7. The summed E-state index contributed by atoms with van der Waals surface area (Å²) in [7, 11) is 1.47. The van der Waals surface area contributed by atoms with E-state index in [2.05, 4.69) is 10.6 Å². The molecule has 0 aliphatic carbocycles. The number of benzene rings is 1.